The number of anilines is 1. The Labute approximate surface area is 114 Å². The van der Waals surface area contributed by atoms with E-state index in [9.17, 15) is 0 Å². The summed E-state index contributed by atoms with van der Waals surface area (Å²) in [5, 5.41) is 5.41. The third kappa shape index (κ3) is 3.56. The van der Waals surface area contributed by atoms with E-state index in [0.29, 0.717) is 10.0 Å². The molecule has 0 atom stereocenters. The predicted molar refractivity (Wildman–Crippen MR) is 73.3 cm³/mol. The van der Waals surface area contributed by atoms with Crippen LogP contribution in [-0.2, 0) is 6.42 Å². The fraction of sp³-hybridized carbons (Fsp3) is 0.273. The summed E-state index contributed by atoms with van der Waals surface area (Å²) in [6.07, 6.45) is 0.828. The Hall–Kier alpha value is -0.840. The van der Waals surface area contributed by atoms with Crippen molar-refractivity contribution < 1.29 is 0 Å². The Bertz CT molecular complexity index is 513. The van der Waals surface area contributed by atoms with Gasteiger partial charge in [-0.15, -0.1) is 0 Å². The minimum absolute atomic E-state index is 0.659. The Morgan fingerprint density at radius 2 is 2.18 bits per heavy atom. The maximum absolute atomic E-state index is 6.08. The van der Waals surface area contributed by atoms with Gasteiger partial charge < -0.3 is 5.32 Å². The van der Waals surface area contributed by atoms with E-state index < -0.39 is 0 Å². The number of hydrogen-bond donors (Lipinski definition) is 1. The van der Waals surface area contributed by atoms with Crippen molar-refractivity contribution in [1.82, 2.24) is 9.36 Å². The fourth-order valence-corrected chi connectivity index (χ4v) is 2.50. The molecule has 90 valence electrons. The summed E-state index contributed by atoms with van der Waals surface area (Å²) in [6, 6.07) is 5.54. The molecule has 3 nitrogen and oxygen atoms in total. The molecule has 0 aliphatic heterocycles. The number of nitrogens with zero attached hydrogens (tertiary/aromatic N) is 2. The third-order valence-electron chi connectivity index (χ3n) is 2.21. The zero-order valence-electron chi connectivity index (χ0n) is 9.20. The summed E-state index contributed by atoms with van der Waals surface area (Å²) in [5.74, 6) is 0.794. The number of benzene rings is 1. The monoisotopic (exact) mass is 287 g/mol. The van der Waals surface area contributed by atoms with E-state index in [1.54, 1.807) is 6.07 Å². The highest BCUT2D eigenvalue weighted by molar-refractivity contribution is 7.09. The van der Waals surface area contributed by atoms with Crippen LogP contribution < -0.4 is 5.32 Å². The highest BCUT2D eigenvalue weighted by Gasteiger charge is 2.02. The molecule has 1 N–H and O–H groups in total. The number of aryl methyl sites for hydroxylation is 1. The Balaban J connectivity index is 1.90. The maximum atomic E-state index is 6.08. The molecule has 17 heavy (non-hydrogen) atoms. The van der Waals surface area contributed by atoms with Gasteiger partial charge in [0.25, 0.3) is 0 Å². The molecule has 1 heterocycles. The summed E-state index contributed by atoms with van der Waals surface area (Å²) in [7, 11) is 0. The molecule has 0 aliphatic carbocycles. The van der Waals surface area contributed by atoms with Gasteiger partial charge in [-0.25, -0.2) is 4.98 Å². The molecule has 0 spiro atoms. The van der Waals surface area contributed by atoms with Crippen LogP contribution in [-0.4, -0.2) is 15.9 Å². The Kier molecular flexibility index (Phi) is 4.20. The van der Waals surface area contributed by atoms with Gasteiger partial charge in [0.2, 0.25) is 5.13 Å². The molecular formula is C11H11Cl2N3S. The van der Waals surface area contributed by atoms with Crippen LogP contribution in [0.15, 0.2) is 18.2 Å². The molecule has 0 radical (unpaired) electrons. The summed E-state index contributed by atoms with van der Waals surface area (Å²) < 4.78 is 4.10. The van der Waals surface area contributed by atoms with Crippen LogP contribution in [0.4, 0.5) is 5.13 Å². The van der Waals surface area contributed by atoms with Crippen molar-refractivity contribution in [2.45, 2.75) is 13.3 Å². The number of aromatic nitrogens is 2. The second kappa shape index (κ2) is 5.67. The van der Waals surface area contributed by atoms with Crippen LogP contribution in [0.3, 0.4) is 0 Å². The average molecular weight is 288 g/mol. The molecule has 0 saturated heterocycles. The van der Waals surface area contributed by atoms with E-state index in [2.05, 4.69) is 14.7 Å². The molecule has 0 bridgehead atoms. The molecule has 2 aromatic rings. The molecule has 0 saturated carbocycles. The van der Waals surface area contributed by atoms with Gasteiger partial charge in [-0.3, -0.25) is 0 Å². The van der Waals surface area contributed by atoms with Crippen LogP contribution in [0.2, 0.25) is 10.0 Å². The molecular weight excluding hydrogens is 277 g/mol. The molecule has 0 amide bonds. The maximum Gasteiger partial charge on any atom is 0.202 e. The smallest absolute Gasteiger partial charge is 0.202 e. The van der Waals surface area contributed by atoms with Gasteiger partial charge in [0, 0.05) is 28.1 Å². The summed E-state index contributed by atoms with van der Waals surface area (Å²) in [5.41, 5.74) is 1.07. The van der Waals surface area contributed by atoms with Crippen molar-refractivity contribution >= 4 is 39.9 Å². The lowest BCUT2D eigenvalue weighted by Crippen LogP contribution is -2.04. The van der Waals surface area contributed by atoms with Crippen molar-refractivity contribution in [3.8, 4) is 0 Å². The van der Waals surface area contributed by atoms with Gasteiger partial charge in [0.15, 0.2) is 0 Å². The fourth-order valence-electron chi connectivity index (χ4n) is 1.40. The normalized spacial score (nSPS) is 10.5. The van der Waals surface area contributed by atoms with Crippen molar-refractivity contribution in [1.29, 1.82) is 0 Å². The van der Waals surface area contributed by atoms with Gasteiger partial charge in [-0.05, 0) is 31.0 Å². The average Bonchev–Trinajstić information content (AvgIpc) is 2.68. The highest BCUT2D eigenvalue weighted by atomic mass is 35.5. The lowest BCUT2D eigenvalue weighted by molar-refractivity contribution is 1.01. The van der Waals surface area contributed by atoms with E-state index in [0.717, 1.165) is 29.5 Å². The van der Waals surface area contributed by atoms with E-state index in [4.69, 9.17) is 23.2 Å². The molecule has 6 heteroatoms. The van der Waals surface area contributed by atoms with Gasteiger partial charge in [0.1, 0.15) is 5.82 Å². The summed E-state index contributed by atoms with van der Waals surface area (Å²) in [4.78, 5) is 4.22. The van der Waals surface area contributed by atoms with Crippen molar-refractivity contribution in [2.24, 2.45) is 0 Å². The Morgan fingerprint density at radius 1 is 1.35 bits per heavy atom. The zero-order chi connectivity index (χ0) is 12.3. The Morgan fingerprint density at radius 3 is 2.82 bits per heavy atom. The first-order valence-electron chi connectivity index (χ1n) is 5.13. The van der Waals surface area contributed by atoms with Gasteiger partial charge >= 0.3 is 0 Å². The molecule has 1 aromatic heterocycles. The minimum Gasteiger partial charge on any atom is -0.360 e. The second-order valence-electron chi connectivity index (χ2n) is 3.56. The van der Waals surface area contributed by atoms with Gasteiger partial charge in [-0.2, -0.15) is 4.37 Å². The largest absolute Gasteiger partial charge is 0.360 e. The van der Waals surface area contributed by atoms with E-state index in [1.807, 2.05) is 19.1 Å². The lowest BCUT2D eigenvalue weighted by atomic mass is 10.1. The number of hydrogen-bond acceptors (Lipinski definition) is 4. The van der Waals surface area contributed by atoms with Gasteiger partial charge in [0.05, 0.1) is 0 Å². The van der Waals surface area contributed by atoms with Crippen molar-refractivity contribution in [3.05, 3.63) is 39.6 Å². The highest BCUT2D eigenvalue weighted by Crippen LogP contribution is 2.21. The molecule has 2 rings (SSSR count). The van der Waals surface area contributed by atoms with Crippen molar-refractivity contribution in [2.75, 3.05) is 11.9 Å². The molecule has 1 aromatic carbocycles. The van der Waals surface area contributed by atoms with E-state index in [1.165, 1.54) is 11.5 Å². The molecule has 0 unspecified atom stereocenters. The van der Waals surface area contributed by atoms with Crippen LogP contribution in [0.1, 0.15) is 11.4 Å². The van der Waals surface area contributed by atoms with Crippen molar-refractivity contribution in [3.63, 3.8) is 0 Å². The first-order chi connectivity index (χ1) is 8.15. The molecule has 0 aliphatic rings. The zero-order valence-corrected chi connectivity index (χ0v) is 11.5. The topological polar surface area (TPSA) is 37.8 Å². The number of nitrogens with one attached hydrogen (secondary N) is 1. The van der Waals surface area contributed by atoms with E-state index >= 15 is 0 Å². The van der Waals surface area contributed by atoms with Gasteiger partial charge in [-0.1, -0.05) is 29.3 Å². The van der Waals surface area contributed by atoms with Crippen LogP contribution in [0, 0.1) is 6.92 Å². The quantitative estimate of drug-likeness (QED) is 0.929. The minimum atomic E-state index is 0.659. The summed E-state index contributed by atoms with van der Waals surface area (Å²) in [6.45, 7) is 2.65. The lowest BCUT2D eigenvalue weighted by Gasteiger charge is -2.05. The van der Waals surface area contributed by atoms with Crippen LogP contribution in [0.5, 0.6) is 0 Å². The van der Waals surface area contributed by atoms with Crippen LogP contribution in [0.25, 0.3) is 0 Å². The first kappa shape index (κ1) is 12.6. The standard InChI is InChI=1S/C11H11Cl2N3S/c1-7-15-11(17-16-7)14-5-4-8-2-3-9(12)6-10(8)13/h2-3,6H,4-5H2,1H3,(H,14,15,16). The number of rotatable bonds is 4. The van der Waals surface area contributed by atoms with Crippen LogP contribution >= 0.6 is 34.7 Å². The molecule has 0 fully saturated rings. The summed E-state index contributed by atoms with van der Waals surface area (Å²) >= 11 is 13.3. The predicted octanol–water partition coefficient (Wildman–Crippen LogP) is 3.81. The SMILES string of the molecule is Cc1nsc(NCCc2ccc(Cl)cc2Cl)n1. The first-order valence-corrected chi connectivity index (χ1v) is 6.66. The second-order valence-corrected chi connectivity index (χ2v) is 5.15. The third-order valence-corrected chi connectivity index (χ3v) is 3.56. The van der Waals surface area contributed by atoms with E-state index in [-0.39, 0.29) is 0 Å². The number of halogens is 2.